The van der Waals surface area contributed by atoms with Crippen LogP contribution in [-0.4, -0.2) is 19.1 Å². The molecular formula is C14H20N2. The fourth-order valence-corrected chi connectivity index (χ4v) is 2.67. The normalized spacial score (nSPS) is 24.9. The van der Waals surface area contributed by atoms with Crippen LogP contribution in [0.4, 0.5) is 0 Å². The molecule has 1 aromatic rings. The predicted molar refractivity (Wildman–Crippen MR) is 66.5 cm³/mol. The van der Waals surface area contributed by atoms with Crippen LogP contribution in [0.25, 0.3) is 0 Å². The quantitative estimate of drug-likeness (QED) is 0.807. The fourth-order valence-electron chi connectivity index (χ4n) is 2.67. The molecule has 0 amide bonds. The van der Waals surface area contributed by atoms with Crippen LogP contribution in [0.15, 0.2) is 24.3 Å². The van der Waals surface area contributed by atoms with Crippen molar-refractivity contribution in [3.63, 3.8) is 0 Å². The van der Waals surface area contributed by atoms with Gasteiger partial charge < -0.3 is 10.6 Å². The zero-order chi connectivity index (χ0) is 10.8. The zero-order valence-corrected chi connectivity index (χ0v) is 9.71. The topological polar surface area (TPSA) is 24.1 Å². The van der Waals surface area contributed by atoms with E-state index in [2.05, 4.69) is 34.9 Å². The highest BCUT2D eigenvalue weighted by molar-refractivity contribution is 5.32. The molecular weight excluding hydrogens is 196 g/mol. The standard InChI is InChI=1S/C14H20N2/c1-2-7-13-11(4-1)8-9-15-14(13)10-16-12-5-3-6-12/h1-2,4,7,12,14-16H,3,5-6,8-10H2. The summed E-state index contributed by atoms with van der Waals surface area (Å²) in [4.78, 5) is 0. The Kier molecular flexibility index (Phi) is 2.94. The molecule has 1 heterocycles. The smallest absolute Gasteiger partial charge is 0.0449 e. The molecule has 0 saturated heterocycles. The second-order valence-corrected chi connectivity index (χ2v) is 4.99. The second kappa shape index (κ2) is 4.56. The van der Waals surface area contributed by atoms with Gasteiger partial charge in [-0.05, 0) is 36.9 Å². The van der Waals surface area contributed by atoms with Gasteiger partial charge in [-0.15, -0.1) is 0 Å². The molecule has 0 spiro atoms. The van der Waals surface area contributed by atoms with Gasteiger partial charge in [0, 0.05) is 18.6 Å². The Bertz CT molecular complexity index is 358. The van der Waals surface area contributed by atoms with E-state index >= 15 is 0 Å². The molecule has 1 fully saturated rings. The minimum Gasteiger partial charge on any atom is -0.312 e. The summed E-state index contributed by atoms with van der Waals surface area (Å²) in [6, 6.07) is 10.2. The van der Waals surface area contributed by atoms with Gasteiger partial charge >= 0.3 is 0 Å². The van der Waals surface area contributed by atoms with Crippen molar-refractivity contribution in [2.75, 3.05) is 13.1 Å². The van der Waals surface area contributed by atoms with E-state index in [1.54, 1.807) is 0 Å². The number of hydrogen-bond donors (Lipinski definition) is 2. The van der Waals surface area contributed by atoms with E-state index in [0.29, 0.717) is 6.04 Å². The molecule has 0 radical (unpaired) electrons. The van der Waals surface area contributed by atoms with Crippen LogP contribution in [0.3, 0.4) is 0 Å². The molecule has 1 atom stereocenters. The summed E-state index contributed by atoms with van der Waals surface area (Å²) in [5.74, 6) is 0. The van der Waals surface area contributed by atoms with Gasteiger partial charge in [0.05, 0.1) is 0 Å². The third-order valence-electron chi connectivity index (χ3n) is 3.93. The van der Waals surface area contributed by atoms with E-state index in [1.165, 1.54) is 36.8 Å². The monoisotopic (exact) mass is 216 g/mol. The summed E-state index contributed by atoms with van der Waals surface area (Å²) in [6.45, 7) is 2.20. The van der Waals surface area contributed by atoms with Gasteiger partial charge in [0.1, 0.15) is 0 Å². The average molecular weight is 216 g/mol. The third kappa shape index (κ3) is 2.00. The second-order valence-electron chi connectivity index (χ2n) is 4.99. The van der Waals surface area contributed by atoms with Crippen molar-refractivity contribution in [1.29, 1.82) is 0 Å². The Hall–Kier alpha value is -0.860. The summed E-state index contributed by atoms with van der Waals surface area (Å²) < 4.78 is 0. The van der Waals surface area contributed by atoms with Crippen LogP contribution < -0.4 is 10.6 Å². The molecule has 86 valence electrons. The van der Waals surface area contributed by atoms with Gasteiger partial charge in [-0.1, -0.05) is 30.7 Å². The largest absolute Gasteiger partial charge is 0.312 e. The highest BCUT2D eigenvalue weighted by Gasteiger charge is 2.22. The molecule has 1 aliphatic carbocycles. The van der Waals surface area contributed by atoms with Crippen LogP contribution in [0, 0.1) is 0 Å². The van der Waals surface area contributed by atoms with E-state index < -0.39 is 0 Å². The Morgan fingerprint density at radius 2 is 2.12 bits per heavy atom. The lowest BCUT2D eigenvalue weighted by molar-refractivity contribution is 0.319. The van der Waals surface area contributed by atoms with Crippen LogP contribution in [0.2, 0.25) is 0 Å². The molecule has 2 nitrogen and oxygen atoms in total. The van der Waals surface area contributed by atoms with Crippen molar-refractivity contribution in [3.8, 4) is 0 Å². The summed E-state index contributed by atoms with van der Waals surface area (Å²) in [5.41, 5.74) is 3.03. The van der Waals surface area contributed by atoms with Crippen molar-refractivity contribution >= 4 is 0 Å². The maximum absolute atomic E-state index is 3.67. The van der Waals surface area contributed by atoms with Gasteiger partial charge in [-0.25, -0.2) is 0 Å². The predicted octanol–water partition coefficient (Wildman–Crippen LogP) is 2.02. The van der Waals surface area contributed by atoms with Crippen molar-refractivity contribution < 1.29 is 0 Å². The molecule has 1 aromatic carbocycles. The first-order valence-electron chi connectivity index (χ1n) is 6.48. The average Bonchev–Trinajstić information content (AvgIpc) is 2.27. The molecule has 16 heavy (non-hydrogen) atoms. The Labute approximate surface area is 97.4 Å². The molecule has 3 rings (SSSR count). The number of nitrogens with one attached hydrogen (secondary N) is 2. The molecule has 0 aromatic heterocycles. The first kappa shape index (κ1) is 10.3. The lowest BCUT2D eigenvalue weighted by atomic mass is 9.91. The van der Waals surface area contributed by atoms with Crippen LogP contribution in [0.5, 0.6) is 0 Å². The highest BCUT2D eigenvalue weighted by Crippen LogP contribution is 2.23. The summed E-state index contributed by atoms with van der Waals surface area (Å²) in [5, 5.41) is 7.28. The van der Waals surface area contributed by atoms with E-state index in [0.717, 1.165) is 19.1 Å². The highest BCUT2D eigenvalue weighted by atomic mass is 15.0. The number of fused-ring (bicyclic) bond motifs is 1. The molecule has 2 heteroatoms. The molecule has 0 bridgehead atoms. The van der Waals surface area contributed by atoms with Gasteiger partial charge in [0.2, 0.25) is 0 Å². The number of rotatable bonds is 3. The first-order valence-corrected chi connectivity index (χ1v) is 6.48. The number of hydrogen-bond acceptors (Lipinski definition) is 2. The minimum absolute atomic E-state index is 0.519. The van der Waals surface area contributed by atoms with Crippen LogP contribution >= 0.6 is 0 Å². The maximum atomic E-state index is 3.67. The lowest BCUT2D eigenvalue weighted by Crippen LogP contribution is -2.42. The van der Waals surface area contributed by atoms with Gasteiger partial charge in [0.15, 0.2) is 0 Å². The summed E-state index contributed by atoms with van der Waals surface area (Å²) in [6.07, 6.45) is 5.32. The van der Waals surface area contributed by atoms with Gasteiger partial charge in [0.25, 0.3) is 0 Å². The van der Waals surface area contributed by atoms with Crippen molar-refractivity contribution in [2.24, 2.45) is 0 Å². The van der Waals surface area contributed by atoms with Crippen LogP contribution in [0.1, 0.15) is 36.4 Å². The summed E-state index contributed by atoms with van der Waals surface area (Å²) >= 11 is 0. The fraction of sp³-hybridized carbons (Fsp3) is 0.571. The van der Waals surface area contributed by atoms with Crippen molar-refractivity contribution in [2.45, 2.75) is 37.8 Å². The molecule has 2 N–H and O–H groups in total. The Morgan fingerprint density at radius 3 is 2.94 bits per heavy atom. The van der Waals surface area contributed by atoms with E-state index in [4.69, 9.17) is 0 Å². The van der Waals surface area contributed by atoms with Gasteiger partial charge in [-0.2, -0.15) is 0 Å². The Balaban J connectivity index is 1.66. The van der Waals surface area contributed by atoms with E-state index in [1.807, 2.05) is 0 Å². The van der Waals surface area contributed by atoms with Crippen molar-refractivity contribution in [1.82, 2.24) is 10.6 Å². The third-order valence-corrected chi connectivity index (χ3v) is 3.93. The summed E-state index contributed by atoms with van der Waals surface area (Å²) in [7, 11) is 0. The Morgan fingerprint density at radius 1 is 1.25 bits per heavy atom. The first-order chi connectivity index (χ1) is 7.93. The SMILES string of the molecule is c1ccc2c(c1)CCNC2CNC1CCC1. The molecule has 1 saturated carbocycles. The number of benzene rings is 1. The molecule has 1 aliphatic heterocycles. The zero-order valence-electron chi connectivity index (χ0n) is 9.71. The van der Waals surface area contributed by atoms with Gasteiger partial charge in [-0.3, -0.25) is 0 Å². The van der Waals surface area contributed by atoms with E-state index in [-0.39, 0.29) is 0 Å². The molecule has 1 unspecified atom stereocenters. The lowest BCUT2D eigenvalue weighted by Gasteiger charge is -2.32. The van der Waals surface area contributed by atoms with Crippen molar-refractivity contribution in [3.05, 3.63) is 35.4 Å². The molecule has 2 aliphatic rings. The minimum atomic E-state index is 0.519. The van der Waals surface area contributed by atoms with Crippen LogP contribution in [-0.2, 0) is 6.42 Å². The maximum Gasteiger partial charge on any atom is 0.0449 e. The van der Waals surface area contributed by atoms with E-state index in [9.17, 15) is 0 Å².